The van der Waals surface area contributed by atoms with E-state index in [0.29, 0.717) is 17.9 Å². The molecule has 0 bridgehead atoms. The summed E-state index contributed by atoms with van der Waals surface area (Å²) in [6, 6.07) is 7.26. The first-order valence-corrected chi connectivity index (χ1v) is 7.62. The van der Waals surface area contributed by atoms with Crippen LogP contribution in [0.2, 0.25) is 0 Å². The molecule has 1 saturated carbocycles. The van der Waals surface area contributed by atoms with Gasteiger partial charge in [0.2, 0.25) is 11.8 Å². The first-order chi connectivity index (χ1) is 10.6. The molecule has 0 radical (unpaired) electrons. The Morgan fingerprint density at radius 3 is 2.65 bits per heavy atom. The second kappa shape index (κ2) is 9.37. The van der Waals surface area contributed by atoms with Crippen LogP contribution in [-0.4, -0.2) is 24.5 Å². The lowest BCUT2D eigenvalue weighted by Crippen LogP contribution is -2.28. The van der Waals surface area contributed by atoms with Crippen molar-refractivity contribution in [2.75, 3.05) is 11.9 Å². The number of carbonyl (C=O) groups excluding carboxylic acids is 2. The SMILES string of the molecule is Cl.NC(=O)CCOc1ccccc1NC(=O)C[C@@H]1CCC[C@H]1N. The molecule has 2 amide bonds. The average Bonchev–Trinajstić information content (AvgIpc) is 2.85. The lowest BCUT2D eigenvalue weighted by molar-refractivity contribution is -0.119. The van der Waals surface area contributed by atoms with Gasteiger partial charge in [-0.25, -0.2) is 0 Å². The van der Waals surface area contributed by atoms with E-state index in [1.807, 2.05) is 12.1 Å². The molecule has 0 saturated heterocycles. The third-order valence-electron chi connectivity index (χ3n) is 3.93. The van der Waals surface area contributed by atoms with E-state index in [1.165, 1.54) is 0 Å². The summed E-state index contributed by atoms with van der Waals surface area (Å²) in [6.45, 7) is 0.190. The van der Waals surface area contributed by atoms with Crippen molar-refractivity contribution in [2.24, 2.45) is 17.4 Å². The van der Waals surface area contributed by atoms with Gasteiger partial charge in [0, 0.05) is 12.5 Å². The molecule has 2 atom stereocenters. The lowest BCUT2D eigenvalue weighted by Gasteiger charge is -2.16. The first-order valence-electron chi connectivity index (χ1n) is 7.62. The van der Waals surface area contributed by atoms with E-state index < -0.39 is 5.91 Å². The summed E-state index contributed by atoms with van der Waals surface area (Å²) < 4.78 is 5.50. The highest BCUT2D eigenvalue weighted by molar-refractivity contribution is 5.92. The van der Waals surface area contributed by atoms with E-state index in [4.69, 9.17) is 16.2 Å². The number of amides is 2. The fraction of sp³-hybridized carbons (Fsp3) is 0.500. The van der Waals surface area contributed by atoms with E-state index in [9.17, 15) is 9.59 Å². The van der Waals surface area contributed by atoms with Crippen LogP contribution in [0, 0.1) is 5.92 Å². The molecule has 2 rings (SSSR count). The van der Waals surface area contributed by atoms with Gasteiger partial charge < -0.3 is 21.5 Å². The standard InChI is InChI=1S/C16H23N3O3.ClH/c17-12-5-3-4-11(12)10-16(21)19-13-6-1-2-7-14(13)22-9-8-15(18)20;/h1-2,6-7,11-12H,3-5,8-10,17H2,(H2,18,20)(H,19,21);1H/t11-,12+;/m0./s1. The fourth-order valence-corrected chi connectivity index (χ4v) is 2.72. The minimum absolute atomic E-state index is 0. The van der Waals surface area contributed by atoms with E-state index in [1.54, 1.807) is 12.1 Å². The van der Waals surface area contributed by atoms with Crippen LogP contribution in [-0.2, 0) is 9.59 Å². The normalized spacial score (nSPS) is 19.7. The Bertz CT molecular complexity index is 539. The molecule has 0 heterocycles. The minimum atomic E-state index is -0.420. The van der Waals surface area contributed by atoms with E-state index in [-0.39, 0.29) is 43.3 Å². The highest BCUT2D eigenvalue weighted by atomic mass is 35.5. The Labute approximate surface area is 142 Å². The third-order valence-corrected chi connectivity index (χ3v) is 3.93. The molecule has 1 fully saturated rings. The number of ether oxygens (including phenoxy) is 1. The number of nitrogens with one attached hydrogen (secondary N) is 1. The number of hydrogen-bond donors (Lipinski definition) is 3. The number of para-hydroxylation sites is 2. The van der Waals surface area contributed by atoms with Gasteiger partial charge in [0.15, 0.2) is 0 Å². The predicted molar refractivity (Wildman–Crippen MR) is 91.6 cm³/mol. The van der Waals surface area contributed by atoms with Crippen LogP contribution in [0.3, 0.4) is 0 Å². The maximum Gasteiger partial charge on any atom is 0.224 e. The fourth-order valence-electron chi connectivity index (χ4n) is 2.72. The first kappa shape index (κ1) is 19.3. The third kappa shape index (κ3) is 6.08. The van der Waals surface area contributed by atoms with Crippen LogP contribution >= 0.6 is 12.4 Å². The van der Waals surface area contributed by atoms with Gasteiger partial charge >= 0.3 is 0 Å². The summed E-state index contributed by atoms with van der Waals surface area (Å²) in [5.41, 5.74) is 11.7. The van der Waals surface area contributed by atoms with Crippen molar-refractivity contribution in [1.29, 1.82) is 0 Å². The molecule has 6 nitrogen and oxygen atoms in total. The maximum absolute atomic E-state index is 12.2. The molecular weight excluding hydrogens is 318 g/mol. The van der Waals surface area contributed by atoms with Gasteiger partial charge in [-0.1, -0.05) is 18.6 Å². The molecule has 1 aromatic carbocycles. The van der Waals surface area contributed by atoms with Crippen LogP contribution in [0.25, 0.3) is 0 Å². The number of rotatable bonds is 7. The number of nitrogens with two attached hydrogens (primary N) is 2. The number of benzene rings is 1. The van der Waals surface area contributed by atoms with Gasteiger partial charge in [0.25, 0.3) is 0 Å². The Balaban J connectivity index is 0.00000264. The monoisotopic (exact) mass is 341 g/mol. The molecule has 1 aromatic rings. The van der Waals surface area contributed by atoms with Crippen LogP contribution in [0.5, 0.6) is 5.75 Å². The molecule has 0 spiro atoms. The van der Waals surface area contributed by atoms with Crippen molar-refractivity contribution in [3.8, 4) is 5.75 Å². The van der Waals surface area contributed by atoms with Crippen LogP contribution < -0.4 is 21.5 Å². The van der Waals surface area contributed by atoms with Crippen molar-refractivity contribution in [3.05, 3.63) is 24.3 Å². The molecule has 23 heavy (non-hydrogen) atoms. The van der Waals surface area contributed by atoms with Gasteiger partial charge in [-0.2, -0.15) is 0 Å². The second-order valence-electron chi connectivity index (χ2n) is 5.67. The molecule has 128 valence electrons. The number of carbonyl (C=O) groups is 2. The number of anilines is 1. The van der Waals surface area contributed by atoms with Gasteiger partial charge in [-0.15, -0.1) is 12.4 Å². The summed E-state index contributed by atoms with van der Waals surface area (Å²) in [5, 5.41) is 2.86. The highest BCUT2D eigenvalue weighted by Gasteiger charge is 2.26. The predicted octanol–water partition coefficient (Wildman–Crippen LogP) is 1.82. The topological polar surface area (TPSA) is 107 Å². The van der Waals surface area contributed by atoms with Gasteiger partial charge in [0.05, 0.1) is 18.7 Å². The summed E-state index contributed by atoms with van der Waals surface area (Å²) in [4.78, 5) is 22.9. The zero-order valence-corrected chi connectivity index (χ0v) is 13.8. The number of halogens is 1. The van der Waals surface area contributed by atoms with Crippen molar-refractivity contribution < 1.29 is 14.3 Å². The van der Waals surface area contributed by atoms with Crippen LogP contribution in [0.1, 0.15) is 32.1 Å². The van der Waals surface area contributed by atoms with Crippen molar-refractivity contribution in [1.82, 2.24) is 0 Å². The number of primary amides is 1. The summed E-state index contributed by atoms with van der Waals surface area (Å²) in [6.07, 6.45) is 3.65. The molecule has 0 aliphatic heterocycles. The molecule has 1 aliphatic rings. The van der Waals surface area contributed by atoms with Gasteiger partial charge in [-0.05, 0) is 30.9 Å². The molecule has 5 N–H and O–H groups in total. The lowest BCUT2D eigenvalue weighted by atomic mass is 10.00. The van der Waals surface area contributed by atoms with Gasteiger partial charge in [0.1, 0.15) is 5.75 Å². The van der Waals surface area contributed by atoms with Crippen molar-refractivity contribution >= 4 is 29.9 Å². The van der Waals surface area contributed by atoms with Crippen molar-refractivity contribution in [2.45, 2.75) is 38.1 Å². The molecule has 0 aromatic heterocycles. The Hall–Kier alpha value is -1.79. The summed E-state index contributed by atoms with van der Waals surface area (Å²) in [7, 11) is 0. The second-order valence-corrected chi connectivity index (χ2v) is 5.67. The quantitative estimate of drug-likeness (QED) is 0.703. The maximum atomic E-state index is 12.2. The van der Waals surface area contributed by atoms with E-state index in [0.717, 1.165) is 19.3 Å². The largest absolute Gasteiger partial charge is 0.491 e. The smallest absolute Gasteiger partial charge is 0.224 e. The summed E-state index contributed by atoms with van der Waals surface area (Å²) in [5.74, 6) is 0.306. The Morgan fingerprint density at radius 2 is 2.00 bits per heavy atom. The van der Waals surface area contributed by atoms with E-state index in [2.05, 4.69) is 5.32 Å². The zero-order valence-electron chi connectivity index (χ0n) is 13.0. The molecule has 7 heteroatoms. The molecule has 1 aliphatic carbocycles. The Morgan fingerprint density at radius 1 is 1.26 bits per heavy atom. The highest BCUT2D eigenvalue weighted by Crippen LogP contribution is 2.28. The van der Waals surface area contributed by atoms with Crippen LogP contribution in [0.4, 0.5) is 5.69 Å². The van der Waals surface area contributed by atoms with Crippen molar-refractivity contribution in [3.63, 3.8) is 0 Å². The van der Waals surface area contributed by atoms with Gasteiger partial charge in [-0.3, -0.25) is 9.59 Å². The minimum Gasteiger partial charge on any atom is -0.491 e. The Kier molecular flexibility index (Phi) is 7.85. The van der Waals surface area contributed by atoms with E-state index >= 15 is 0 Å². The number of hydrogen-bond acceptors (Lipinski definition) is 4. The van der Waals surface area contributed by atoms with Crippen LogP contribution in [0.15, 0.2) is 24.3 Å². The average molecular weight is 342 g/mol. The molecule has 0 unspecified atom stereocenters. The zero-order chi connectivity index (χ0) is 15.9. The summed E-state index contributed by atoms with van der Waals surface area (Å²) >= 11 is 0. The molecular formula is C16H24ClN3O3.